The predicted molar refractivity (Wildman–Crippen MR) is 153 cm³/mol. The molecule has 5 aromatic rings. The van der Waals surface area contributed by atoms with E-state index in [2.05, 4.69) is 25.4 Å². The minimum absolute atomic E-state index is 0.114. The highest BCUT2D eigenvalue weighted by Crippen LogP contribution is 2.29. The first-order valence-corrected chi connectivity index (χ1v) is 12.8. The maximum absolute atomic E-state index is 13.3. The van der Waals surface area contributed by atoms with Crippen LogP contribution in [0.3, 0.4) is 0 Å². The van der Waals surface area contributed by atoms with Crippen LogP contribution in [-0.4, -0.2) is 40.1 Å². The van der Waals surface area contributed by atoms with Gasteiger partial charge in [0.2, 0.25) is 0 Å². The number of hydrogen-bond acceptors (Lipinski definition) is 9. The highest BCUT2D eigenvalue weighted by atomic mass is 32.2. The summed E-state index contributed by atoms with van der Waals surface area (Å²) in [7, 11) is 1.22. The Kier molecular flexibility index (Phi) is 6.54. The number of ether oxygens (including phenoxy) is 1. The number of rotatable bonds is 5. The Morgan fingerprint density at radius 1 is 1.05 bits per heavy atom. The van der Waals surface area contributed by atoms with E-state index in [0.717, 1.165) is 39.7 Å². The topological polar surface area (TPSA) is 128 Å². The molecule has 0 spiro atoms. The second-order valence-corrected chi connectivity index (χ2v) is 9.62. The molecule has 1 N–H and O–H groups in total. The van der Waals surface area contributed by atoms with Crippen molar-refractivity contribution in [1.29, 1.82) is 0 Å². The van der Waals surface area contributed by atoms with E-state index in [1.807, 2.05) is 66.7 Å². The van der Waals surface area contributed by atoms with Crippen molar-refractivity contribution in [1.82, 2.24) is 15.2 Å². The van der Waals surface area contributed by atoms with Crippen molar-refractivity contribution >= 4 is 56.8 Å². The van der Waals surface area contributed by atoms with Crippen molar-refractivity contribution in [2.24, 2.45) is 10.1 Å². The van der Waals surface area contributed by atoms with Crippen LogP contribution in [0.5, 0.6) is 0 Å². The zero-order valence-electron chi connectivity index (χ0n) is 20.9. The number of methoxy groups -OCH3 is 1. The molecule has 3 aromatic carbocycles. The SMILES string of the molecule is COC(=O)/C=C1/SC(N/N=C/c2cn(-c3ccccc3)nc2-c2cc3ccc4ccccc4c3oc2=O)=NC1=O. The largest absolute Gasteiger partial charge is 0.466 e. The number of esters is 1. The van der Waals surface area contributed by atoms with Gasteiger partial charge in [-0.05, 0) is 35.3 Å². The van der Waals surface area contributed by atoms with Gasteiger partial charge in [-0.3, -0.25) is 10.2 Å². The van der Waals surface area contributed by atoms with E-state index in [1.54, 1.807) is 16.9 Å². The average molecular weight is 550 g/mol. The second kappa shape index (κ2) is 10.5. The highest BCUT2D eigenvalue weighted by molar-refractivity contribution is 8.18. The number of carbonyl (C=O) groups is 2. The number of nitrogens with zero attached hydrogens (tertiary/aromatic N) is 4. The highest BCUT2D eigenvalue weighted by Gasteiger charge is 2.23. The molecule has 40 heavy (non-hydrogen) atoms. The van der Waals surface area contributed by atoms with E-state index in [9.17, 15) is 14.4 Å². The van der Waals surface area contributed by atoms with Crippen LogP contribution in [0.2, 0.25) is 0 Å². The maximum atomic E-state index is 13.3. The van der Waals surface area contributed by atoms with Crippen LogP contribution >= 0.6 is 11.8 Å². The molecule has 0 unspecified atom stereocenters. The van der Waals surface area contributed by atoms with Crippen LogP contribution in [0.1, 0.15) is 5.56 Å². The molecule has 0 saturated heterocycles. The molecule has 0 atom stereocenters. The lowest BCUT2D eigenvalue weighted by atomic mass is 10.0. The Hall–Kier alpha value is -5.29. The first-order chi connectivity index (χ1) is 19.5. The second-order valence-electron chi connectivity index (χ2n) is 8.59. The quantitative estimate of drug-likeness (QED) is 0.0853. The minimum atomic E-state index is -0.656. The summed E-state index contributed by atoms with van der Waals surface area (Å²) in [5.41, 5.74) is 4.60. The number of carbonyl (C=O) groups excluding carboxylic acids is 2. The fraction of sp³-hybridized carbons (Fsp3) is 0.0345. The summed E-state index contributed by atoms with van der Waals surface area (Å²) in [6.07, 6.45) is 4.28. The Morgan fingerprint density at radius 2 is 1.82 bits per heavy atom. The van der Waals surface area contributed by atoms with E-state index in [1.165, 1.54) is 13.3 Å². The van der Waals surface area contributed by atoms with Crippen molar-refractivity contribution in [3.63, 3.8) is 0 Å². The van der Waals surface area contributed by atoms with E-state index in [0.29, 0.717) is 16.8 Å². The molecule has 196 valence electrons. The van der Waals surface area contributed by atoms with Crippen molar-refractivity contribution < 1.29 is 18.7 Å². The van der Waals surface area contributed by atoms with Gasteiger partial charge >= 0.3 is 11.6 Å². The lowest BCUT2D eigenvalue weighted by Gasteiger charge is -2.05. The van der Waals surface area contributed by atoms with Crippen molar-refractivity contribution in [2.45, 2.75) is 0 Å². The molecule has 3 heterocycles. The first-order valence-electron chi connectivity index (χ1n) is 12.0. The van der Waals surface area contributed by atoms with E-state index in [-0.39, 0.29) is 15.6 Å². The first kappa shape index (κ1) is 25.0. The molecule has 0 saturated carbocycles. The normalized spacial score (nSPS) is 14.4. The number of hydrogen-bond donors (Lipinski definition) is 1. The number of nitrogens with one attached hydrogen (secondary N) is 1. The van der Waals surface area contributed by atoms with Crippen LogP contribution < -0.4 is 11.1 Å². The fourth-order valence-electron chi connectivity index (χ4n) is 4.20. The van der Waals surface area contributed by atoms with Gasteiger partial charge in [0.05, 0.1) is 29.5 Å². The standard InChI is InChI=1S/C29H19N5O5S/c1-38-24(35)14-23-27(36)31-29(40-23)32-30-15-19-16-34(20-8-3-2-4-9-20)33-25(19)22-13-18-12-11-17-7-5-6-10-21(17)26(18)39-28(22)37/h2-16H,1H3,(H,31,32,36)/b23-14+,30-15+. The molecule has 0 bridgehead atoms. The third-order valence-corrected chi connectivity index (χ3v) is 6.97. The van der Waals surface area contributed by atoms with Crippen LogP contribution in [0.4, 0.5) is 0 Å². The van der Waals surface area contributed by atoms with E-state index >= 15 is 0 Å². The van der Waals surface area contributed by atoms with Crippen molar-refractivity contribution in [2.75, 3.05) is 7.11 Å². The van der Waals surface area contributed by atoms with Gasteiger partial charge in [-0.1, -0.05) is 54.6 Å². The lowest BCUT2D eigenvalue weighted by Crippen LogP contribution is -2.11. The van der Waals surface area contributed by atoms with Crippen LogP contribution in [-0.2, 0) is 14.3 Å². The molecular weight excluding hydrogens is 530 g/mol. The van der Waals surface area contributed by atoms with Crippen LogP contribution in [0, 0.1) is 0 Å². The third kappa shape index (κ3) is 4.81. The Bertz CT molecular complexity index is 1960. The summed E-state index contributed by atoms with van der Waals surface area (Å²) in [4.78, 5) is 40.8. The van der Waals surface area contributed by atoms with Crippen LogP contribution in [0.15, 0.2) is 109 Å². The summed E-state index contributed by atoms with van der Waals surface area (Å²) >= 11 is 0.955. The number of aromatic nitrogens is 2. The van der Waals surface area contributed by atoms with Gasteiger partial charge in [-0.2, -0.15) is 15.2 Å². The fourth-order valence-corrected chi connectivity index (χ4v) is 4.92. The van der Waals surface area contributed by atoms with Gasteiger partial charge in [0.15, 0.2) is 5.17 Å². The van der Waals surface area contributed by atoms with Gasteiger partial charge in [0, 0.05) is 28.6 Å². The van der Waals surface area contributed by atoms with E-state index in [4.69, 9.17) is 4.42 Å². The van der Waals surface area contributed by atoms with Gasteiger partial charge in [0.25, 0.3) is 5.91 Å². The Balaban J connectivity index is 1.38. The molecule has 11 heteroatoms. The van der Waals surface area contributed by atoms with Gasteiger partial charge in [-0.15, -0.1) is 0 Å². The number of fused-ring (bicyclic) bond motifs is 3. The number of thioether (sulfide) groups is 1. The zero-order valence-corrected chi connectivity index (χ0v) is 21.7. The molecule has 0 radical (unpaired) electrons. The third-order valence-electron chi connectivity index (χ3n) is 6.08. The maximum Gasteiger partial charge on any atom is 0.345 e. The molecule has 1 aliphatic heterocycles. The van der Waals surface area contributed by atoms with E-state index < -0.39 is 17.5 Å². The van der Waals surface area contributed by atoms with Gasteiger partial charge in [0.1, 0.15) is 11.3 Å². The molecule has 0 fully saturated rings. The number of para-hydroxylation sites is 1. The molecule has 1 aliphatic rings. The molecule has 10 nitrogen and oxygen atoms in total. The average Bonchev–Trinajstić information content (AvgIpc) is 3.56. The van der Waals surface area contributed by atoms with Gasteiger partial charge < -0.3 is 9.15 Å². The Morgan fingerprint density at radius 3 is 2.65 bits per heavy atom. The number of benzene rings is 3. The molecule has 0 aliphatic carbocycles. The molecule has 2 aromatic heterocycles. The van der Waals surface area contributed by atoms with Crippen molar-refractivity contribution in [3.8, 4) is 16.9 Å². The summed E-state index contributed by atoms with van der Waals surface area (Å²) in [5, 5.41) is 11.6. The smallest absolute Gasteiger partial charge is 0.345 e. The summed E-state index contributed by atoms with van der Waals surface area (Å²) < 4.78 is 12.0. The zero-order chi connectivity index (χ0) is 27.6. The Labute approximate surface area is 230 Å². The number of amidine groups is 1. The van der Waals surface area contributed by atoms with Crippen LogP contribution in [0.25, 0.3) is 38.7 Å². The molecular formula is C29H19N5O5S. The number of amides is 1. The molecule has 6 rings (SSSR count). The number of aliphatic imine (C=N–C) groups is 1. The lowest BCUT2D eigenvalue weighted by molar-refractivity contribution is -0.135. The number of hydrazone groups is 1. The summed E-state index contributed by atoms with van der Waals surface area (Å²) in [5.74, 6) is -1.23. The summed E-state index contributed by atoms with van der Waals surface area (Å²) in [6.45, 7) is 0. The minimum Gasteiger partial charge on any atom is -0.466 e. The van der Waals surface area contributed by atoms with Gasteiger partial charge in [-0.25, -0.2) is 14.3 Å². The summed E-state index contributed by atoms with van der Waals surface area (Å²) in [6, 6.07) is 22.8. The predicted octanol–water partition coefficient (Wildman–Crippen LogP) is 4.41. The molecule has 1 amide bonds. The van der Waals surface area contributed by atoms with Crippen molar-refractivity contribution in [3.05, 3.63) is 106 Å². The monoisotopic (exact) mass is 549 g/mol.